The minimum atomic E-state index is -1.31. The first kappa shape index (κ1) is 30.3. The first-order chi connectivity index (χ1) is 22.8. The lowest BCUT2D eigenvalue weighted by molar-refractivity contribution is -0.0706. The van der Waals surface area contributed by atoms with Gasteiger partial charge in [-0.2, -0.15) is 0 Å². The Morgan fingerprint density at radius 2 is 1.91 bits per heavy atom. The van der Waals surface area contributed by atoms with Crippen molar-refractivity contribution < 1.29 is 32.9 Å². The van der Waals surface area contributed by atoms with E-state index in [0.717, 1.165) is 61.5 Å². The number of nitrogens with zero attached hydrogens (tertiary/aromatic N) is 4. The van der Waals surface area contributed by atoms with Crippen LogP contribution in [0.4, 0.5) is 10.1 Å². The van der Waals surface area contributed by atoms with Crippen molar-refractivity contribution in [2.45, 2.75) is 63.3 Å². The molecule has 4 aliphatic rings. The molecule has 1 saturated carbocycles. The van der Waals surface area contributed by atoms with Crippen LogP contribution in [0.15, 0.2) is 48.5 Å². The third-order valence-electron chi connectivity index (χ3n) is 10.1. The van der Waals surface area contributed by atoms with Crippen molar-refractivity contribution in [1.29, 1.82) is 0 Å². The maximum atomic E-state index is 15.0. The molecule has 0 N–H and O–H groups in total. The number of ether oxygens (including phenoxy) is 5. The summed E-state index contributed by atoms with van der Waals surface area (Å²) in [6, 6.07) is 14.5. The summed E-state index contributed by atoms with van der Waals surface area (Å²) in [6.45, 7) is 5.36. The fourth-order valence-electron chi connectivity index (χ4n) is 7.39. The van der Waals surface area contributed by atoms with Crippen LogP contribution < -0.4 is 19.1 Å². The second-order valence-corrected chi connectivity index (χ2v) is 13.1. The van der Waals surface area contributed by atoms with Gasteiger partial charge < -0.3 is 33.2 Å². The van der Waals surface area contributed by atoms with E-state index < -0.39 is 17.6 Å². The predicted molar refractivity (Wildman–Crippen MR) is 173 cm³/mol. The summed E-state index contributed by atoms with van der Waals surface area (Å²) in [6.07, 6.45) is 3.18. The Morgan fingerprint density at radius 3 is 2.62 bits per heavy atom. The smallest absolute Gasteiger partial charge is 0.338 e. The number of imidazole rings is 1. The fraction of sp³-hybridized carbons (Fsp3) is 0.429. The number of anilines is 1. The molecular formula is C35H36ClFN4O6. The summed E-state index contributed by atoms with van der Waals surface area (Å²) in [4.78, 5) is 22.5. The van der Waals surface area contributed by atoms with Gasteiger partial charge in [0.25, 0.3) is 5.79 Å². The summed E-state index contributed by atoms with van der Waals surface area (Å²) in [7, 11) is 2.96. The predicted octanol–water partition coefficient (Wildman–Crippen LogP) is 5.91. The molecule has 0 amide bonds. The van der Waals surface area contributed by atoms with Gasteiger partial charge in [0.2, 0.25) is 0 Å². The Morgan fingerprint density at radius 1 is 1.09 bits per heavy atom. The van der Waals surface area contributed by atoms with Gasteiger partial charge in [0.1, 0.15) is 22.9 Å². The van der Waals surface area contributed by atoms with Crippen molar-refractivity contribution in [3.8, 4) is 17.2 Å². The Hall–Kier alpha value is -4.06. The fourth-order valence-corrected chi connectivity index (χ4v) is 7.55. The lowest BCUT2D eigenvalue weighted by Crippen LogP contribution is -2.64. The van der Waals surface area contributed by atoms with E-state index in [2.05, 4.69) is 20.4 Å². The highest BCUT2D eigenvalue weighted by atomic mass is 35.5. The van der Waals surface area contributed by atoms with Gasteiger partial charge in [0.05, 0.1) is 55.7 Å². The van der Waals surface area contributed by atoms with Crippen LogP contribution in [0.1, 0.15) is 47.9 Å². The lowest BCUT2D eigenvalue weighted by Gasteiger charge is -2.54. The number of para-hydroxylation sites is 1. The van der Waals surface area contributed by atoms with Gasteiger partial charge in [-0.3, -0.25) is 4.90 Å². The van der Waals surface area contributed by atoms with E-state index in [-0.39, 0.29) is 12.1 Å². The van der Waals surface area contributed by atoms with Crippen molar-refractivity contribution in [1.82, 2.24) is 14.5 Å². The Kier molecular flexibility index (Phi) is 7.46. The third-order valence-corrected chi connectivity index (χ3v) is 10.3. The molecule has 0 bridgehead atoms. The highest BCUT2D eigenvalue weighted by Crippen LogP contribution is 2.51. The van der Waals surface area contributed by atoms with Gasteiger partial charge >= 0.3 is 5.97 Å². The minimum Gasteiger partial charge on any atom is -0.494 e. The number of carbonyl (C=O) groups excluding carboxylic acids is 1. The first-order valence-corrected chi connectivity index (χ1v) is 16.4. The standard InChI is InChI=1S/C35H36ClFN4O6/c1-35(23-8-7-21(36)17-24(23)37)46-29-6-4-5-27(33(29)47-35)40-13-12-39(25-9-10-26(25)40)19-31-38-32-28(41(31)18-22-11-14-45-22)15-20(34(42)44-3)16-30(32)43-2/h4-8,15-17,22,25-26H,9-14,18-19H2,1-3H3/t22-,25+,26-,35?/m0/s1. The molecule has 3 fully saturated rings. The molecule has 2 saturated heterocycles. The van der Waals surface area contributed by atoms with Crippen molar-refractivity contribution in [3.63, 3.8) is 0 Å². The largest absolute Gasteiger partial charge is 0.494 e. The van der Waals surface area contributed by atoms with E-state index in [1.54, 1.807) is 32.2 Å². The Labute approximate surface area is 276 Å². The van der Waals surface area contributed by atoms with Crippen LogP contribution in [0.2, 0.25) is 5.02 Å². The number of benzene rings is 3. The second kappa shape index (κ2) is 11.6. The zero-order chi connectivity index (χ0) is 32.4. The summed E-state index contributed by atoms with van der Waals surface area (Å²) in [5.41, 5.74) is 3.21. The summed E-state index contributed by atoms with van der Waals surface area (Å²) in [5, 5.41) is 0.317. The van der Waals surface area contributed by atoms with Crippen LogP contribution in [0, 0.1) is 5.82 Å². The number of esters is 1. The summed E-state index contributed by atoms with van der Waals surface area (Å²) >= 11 is 6.02. The molecule has 10 nitrogen and oxygen atoms in total. The second-order valence-electron chi connectivity index (χ2n) is 12.7. The number of rotatable bonds is 8. The third kappa shape index (κ3) is 5.06. The molecule has 4 aromatic rings. The SMILES string of the molecule is COC(=O)c1cc(OC)c2nc(CN3CCN(c4cccc5c4OC(C)(c4ccc(Cl)cc4F)O5)[C@H]4CC[C@H]43)n(C[C@@H]3CCO3)c2c1. The van der Waals surface area contributed by atoms with Gasteiger partial charge in [0, 0.05) is 43.7 Å². The van der Waals surface area contributed by atoms with E-state index in [0.29, 0.717) is 52.5 Å². The number of piperazine rings is 1. The van der Waals surface area contributed by atoms with E-state index in [4.69, 9.17) is 40.3 Å². The van der Waals surface area contributed by atoms with Crippen molar-refractivity contribution in [3.05, 3.63) is 76.3 Å². The molecular weight excluding hydrogens is 627 g/mol. The average molecular weight is 663 g/mol. The van der Waals surface area contributed by atoms with Crippen LogP contribution in [0.5, 0.6) is 17.2 Å². The number of fused-ring (bicyclic) bond motifs is 3. The summed E-state index contributed by atoms with van der Waals surface area (Å²) < 4.78 is 46.4. The van der Waals surface area contributed by atoms with Gasteiger partial charge in [-0.1, -0.05) is 17.7 Å². The molecule has 1 unspecified atom stereocenters. The van der Waals surface area contributed by atoms with Crippen LogP contribution in [0.25, 0.3) is 11.0 Å². The minimum absolute atomic E-state index is 0.0988. The van der Waals surface area contributed by atoms with Gasteiger partial charge in [-0.05, 0) is 61.7 Å². The molecule has 1 aromatic heterocycles. The molecule has 246 valence electrons. The van der Waals surface area contributed by atoms with E-state index >= 15 is 0 Å². The molecule has 1 aliphatic carbocycles. The maximum absolute atomic E-state index is 15.0. The highest BCUT2D eigenvalue weighted by molar-refractivity contribution is 6.30. The van der Waals surface area contributed by atoms with E-state index in [9.17, 15) is 9.18 Å². The molecule has 3 aliphatic heterocycles. The van der Waals surface area contributed by atoms with Crippen LogP contribution in [-0.2, 0) is 28.4 Å². The van der Waals surface area contributed by atoms with Crippen molar-refractivity contribution in [2.24, 2.45) is 0 Å². The highest BCUT2D eigenvalue weighted by Gasteiger charge is 2.47. The number of methoxy groups -OCH3 is 2. The molecule has 4 atom stereocenters. The topological polar surface area (TPSA) is 87.5 Å². The average Bonchev–Trinajstić information content (AvgIpc) is 3.55. The zero-order valence-corrected chi connectivity index (χ0v) is 27.3. The van der Waals surface area contributed by atoms with Crippen molar-refractivity contribution >= 4 is 34.3 Å². The molecule has 8 rings (SSSR count). The van der Waals surface area contributed by atoms with Gasteiger partial charge in [0.15, 0.2) is 11.5 Å². The van der Waals surface area contributed by atoms with Crippen LogP contribution >= 0.6 is 11.6 Å². The monoisotopic (exact) mass is 662 g/mol. The van der Waals surface area contributed by atoms with E-state index in [1.807, 2.05) is 18.2 Å². The number of hydrogen-bond acceptors (Lipinski definition) is 9. The molecule has 0 spiro atoms. The number of hydrogen-bond donors (Lipinski definition) is 0. The first-order valence-electron chi connectivity index (χ1n) is 16.0. The number of aromatic nitrogens is 2. The van der Waals surface area contributed by atoms with Gasteiger partial charge in [-0.25, -0.2) is 14.2 Å². The zero-order valence-electron chi connectivity index (χ0n) is 26.5. The quantitative estimate of drug-likeness (QED) is 0.214. The van der Waals surface area contributed by atoms with Crippen LogP contribution in [-0.4, -0.2) is 72.5 Å². The molecule has 12 heteroatoms. The van der Waals surface area contributed by atoms with Crippen molar-refractivity contribution in [2.75, 3.05) is 38.8 Å². The number of carbonyl (C=O) groups is 1. The van der Waals surface area contributed by atoms with Crippen LogP contribution in [0.3, 0.4) is 0 Å². The maximum Gasteiger partial charge on any atom is 0.338 e. The molecule has 47 heavy (non-hydrogen) atoms. The lowest BCUT2D eigenvalue weighted by atomic mass is 9.81. The molecule has 4 heterocycles. The molecule has 0 radical (unpaired) electrons. The Balaban J connectivity index is 1.07. The van der Waals surface area contributed by atoms with Gasteiger partial charge in [-0.15, -0.1) is 0 Å². The summed E-state index contributed by atoms with van der Waals surface area (Å²) in [5.74, 6) is 0.446. The number of halogens is 2. The normalized spacial score (nSPS) is 24.9. The molecule has 3 aromatic carbocycles. The van der Waals surface area contributed by atoms with E-state index in [1.165, 1.54) is 13.2 Å². The Bertz CT molecular complexity index is 1880.